The van der Waals surface area contributed by atoms with Crippen LogP contribution in [0.1, 0.15) is 17.3 Å². The van der Waals surface area contributed by atoms with E-state index in [1.807, 2.05) is 0 Å². The van der Waals surface area contributed by atoms with Crippen LogP contribution in [-0.2, 0) is 9.47 Å². The van der Waals surface area contributed by atoms with Crippen LogP contribution in [0.4, 0.5) is 5.69 Å². The fourth-order valence-electron chi connectivity index (χ4n) is 1.31. The van der Waals surface area contributed by atoms with Crippen LogP contribution in [0.5, 0.6) is 0 Å². The van der Waals surface area contributed by atoms with E-state index < -0.39 is 0 Å². The molecule has 0 fully saturated rings. The Morgan fingerprint density at radius 2 is 2.24 bits per heavy atom. The van der Waals surface area contributed by atoms with Gasteiger partial charge in [0.2, 0.25) is 0 Å². The fourth-order valence-corrected chi connectivity index (χ4v) is 2.31. The fraction of sp³-hybridized carbons (Fsp3) is 0.417. The second-order valence-electron chi connectivity index (χ2n) is 3.29. The number of esters is 1. The van der Waals surface area contributed by atoms with Crippen LogP contribution in [0.3, 0.4) is 0 Å². The number of nitrogen functional groups attached to an aromatic ring is 1. The summed E-state index contributed by atoms with van der Waals surface area (Å²) in [7, 11) is 1.64. The minimum Gasteiger partial charge on any atom is -0.462 e. The van der Waals surface area contributed by atoms with Crippen molar-refractivity contribution >= 4 is 23.4 Å². The first-order valence-electron chi connectivity index (χ1n) is 5.38. The summed E-state index contributed by atoms with van der Waals surface area (Å²) in [5.74, 6) is 0.414. The van der Waals surface area contributed by atoms with E-state index in [1.165, 1.54) is 11.8 Å². The van der Waals surface area contributed by atoms with Crippen molar-refractivity contribution in [3.63, 3.8) is 0 Å². The Bertz CT molecular complexity index is 382. The van der Waals surface area contributed by atoms with Crippen LogP contribution in [0, 0.1) is 0 Å². The van der Waals surface area contributed by atoms with Gasteiger partial charge in [-0.2, -0.15) is 0 Å². The predicted molar refractivity (Wildman–Crippen MR) is 69.4 cm³/mol. The normalized spacial score (nSPS) is 10.2. The lowest BCUT2D eigenvalue weighted by Crippen LogP contribution is -2.08. The molecule has 1 aromatic rings. The van der Waals surface area contributed by atoms with Gasteiger partial charge in [0.25, 0.3) is 0 Å². The van der Waals surface area contributed by atoms with Gasteiger partial charge in [-0.1, -0.05) is 6.07 Å². The number of carbonyl (C=O) groups excluding carboxylic acids is 1. The lowest BCUT2D eigenvalue weighted by molar-refractivity contribution is 0.0522. The van der Waals surface area contributed by atoms with E-state index in [1.54, 1.807) is 32.2 Å². The number of nitrogens with two attached hydrogens (primary N) is 1. The Hall–Kier alpha value is -1.20. The first-order chi connectivity index (χ1) is 8.20. The molecule has 0 aromatic heterocycles. The number of hydrogen-bond donors (Lipinski definition) is 1. The lowest BCUT2D eigenvalue weighted by atomic mass is 10.2. The molecule has 0 aliphatic rings. The van der Waals surface area contributed by atoms with Gasteiger partial charge in [-0.15, -0.1) is 11.8 Å². The molecule has 5 heteroatoms. The Labute approximate surface area is 105 Å². The molecule has 0 atom stereocenters. The summed E-state index contributed by atoms with van der Waals surface area (Å²) in [5, 5.41) is 0. The zero-order valence-electron chi connectivity index (χ0n) is 10.1. The van der Waals surface area contributed by atoms with Crippen molar-refractivity contribution in [1.29, 1.82) is 0 Å². The molecule has 17 heavy (non-hydrogen) atoms. The van der Waals surface area contributed by atoms with Crippen molar-refractivity contribution in [2.24, 2.45) is 0 Å². The summed E-state index contributed by atoms with van der Waals surface area (Å²) in [6.07, 6.45) is 0. The predicted octanol–water partition coefficient (Wildman–Crippen LogP) is 2.18. The van der Waals surface area contributed by atoms with E-state index in [0.717, 1.165) is 10.6 Å². The molecule has 0 saturated carbocycles. The Morgan fingerprint density at radius 1 is 1.47 bits per heavy atom. The molecule has 0 aliphatic heterocycles. The first kappa shape index (κ1) is 13.9. The molecule has 4 nitrogen and oxygen atoms in total. The largest absolute Gasteiger partial charge is 0.462 e. The van der Waals surface area contributed by atoms with Gasteiger partial charge in [-0.3, -0.25) is 0 Å². The maximum absolute atomic E-state index is 11.7. The number of hydrogen-bond acceptors (Lipinski definition) is 5. The van der Waals surface area contributed by atoms with Gasteiger partial charge in [0, 0.05) is 23.4 Å². The van der Waals surface area contributed by atoms with Crippen molar-refractivity contribution in [3.8, 4) is 0 Å². The van der Waals surface area contributed by atoms with Gasteiger partial charge in [-0.25, -0.2) is 4.79 Å². The van der Waals surface area contributed by atoms with E-state index in [0.29, 0.717) is 24.5 Å². The van der Waals surface area contributed by atoms with Crippen molar-refractivity contribution < 1.29 is 14.3 Å². The Balaban J connectivity index is 2.87. The number of anilines is 1. The molecule has 94 valence electrons. The summed E-state index contributed by atoms with van der Waals surface area (Å²) in [5.41, 5.74) is 6.98. The number of thioether (sulfide) groups is 1. The number of benzene rings is 1. The van der Waals surface area contributed by atoms with E-state index in [9.17, 15) is 4.79 Å². The zero-order valence-corrected chi connectivity index (χ0v) is 10.9. The molecule has 0 heterocycles. The zero-order chi connectivity index (χ0) is 12.7. The van der Waals surface area contributed by atoms with Crippen LogP contribution in [0.25, 0.3) is 0 Å². The standard InChI is InChI=1S/C12H17NO3S/c1-3-16-12(14)9-5-4-6-10(13)11(9)17-8-7-15-2/h4-6H,3,7-8,13H2,1-2H3. The van der Waals surface area contributed by atoms with Crippen molar-refractivity contribution in [2.75, 3.05) is 31.8 Å². The van der Waals surface area contributed by atoms with Gasteiger partial charge in [0.05, 0.1) is 18.8 Å². The molecule has 2 N–H and O–H groups in total. The van der Waals surface area contributed by atoms with Crippen molar-refractivity contribution in [1.82, 2.24) is 0 Å². The summed E-state index contributed by atoms with van der Waals surface area (Å²) in [6.45, 7) is 2.75. The minimum absolute atomic E-state index is 0.334. The molecule has 1 aromatic carbocycles. The molecular formula is C12H17NO3S. The summed E-state index contributed by atoms with van der Waals surface area (Å²) in [4.78, 5) is 12.5. The summed E-state index contributed by atoms with van der Waals surface area (Å²) in [6, 6.07) is 5.25. The highest BCUT2D eigenvalue weighted by molar-refractivity contribution is 7.99. The van der Waals surface area contributed by atoms with Crippen LogP contribution in [-0.4, -0.2) is 32.0 Å². The van der Waals surface area contributed by atoms with E-state index in [4.69, 9.17) is 15.2 Å². The highest BCUT2D eigenvalue weighted by Gasteiger charge is 2.14. The second-order valence-corrected chi connectivity index (χ2v) is 4.39. The van der Waals surface area contributed by atoms with E-state index >= 15 is 0 Å². The second kappa shape index (κ2) is 7.19. The van der Waals surface area contributed by atoms with Crippen molar-refractivity contribution in [2.45, 2.75) is 11.8 Å². The van der Waals surface area contributed by atoms with E-state index in [-0.39, 0.29) is 5.97 Å². The third-order valence-electron chi connectivity index (χ3n) is 2.07. The number of ether oxygens (including phenoxy) is 2. The van der Waals surface area contributed by atoms with Crippen molar-refractivity contribution in [3.05, 3.63) is 23.8 Å². The third kappa shape index (κ3) is 3.94. The van der Waals surface area contributed by atoms with Gasteiger partial charge < -0.3 is 15.2 Å². The highest BCUT2D eigenvalue weighted by atomic mass is 32.2. The molecular weight excluding hydrogens is 238 g/mol. The van der Waals surface area contributed by atoms with Gasteiger partial charge >= 0.3 is 5.97 Å². The summed E-state index contributed by atoms with van der Waals surface area (Å²) < 4.78 is 9.96. The molecule has 0 unspecified atom stereocenters. The molecule has 0 aliphatic carbocycles. The molecule has 0 saturated heterocycles. The van der Waals surface area contributed by atoms with Gasteiger partial charge in [-0.05, 0) is 19.1 Å². The minimum atomic E-state index is -0.334. The highest BCUT2D eigenvalue weighted by Crippen LogP contribution is 2.29. The smallest absolute Gasteiger partial charge is 0.339 e. The number of carbonyl (C=O) groups is 1. The Morgan fingerprint density at radius 3 is 2.88 bits per heavy atom. The average Bonchev–Trinajstić information content (AvgIpc) is 2.31. The molecule has 0 bridgehead atoms. The topological polar surface area (TPSA) is 61.5 Å². The van der Waals surface area contributed by atoms with Crippen LogP contribution < -0.4 is 5.73 Å². The summed E-state index contributed by atoms with van der Waals surface area (Å²) >= 11 is 1.50. The molecule has 0 spiro atoms. The maximum atomic E-state index is 11.7. The lowest BCUT2D eigenvalue weighted by Gasteiger charge is -2.10. The maximum Gasteiger partial charge on any atom is 0.339 e. The SMILES string of the molecule is CCOC(=O)c1cccc(N)c1SCCOC. The first-order valence-corrected chi connectivity index (χ1v) is 6.36. The monoisotopic (exact) mass is 255 g/mol. The average molecular weight is 255 g/mol. The van der Waals surface area contributed by atoms with Gasteiger partial charge in [0.1, 0.15) is 0 Å². The molecule has 0 amide bonds. The third-order valence-corrected chi connectivity index (χ3v) is 3.19. The van der Waals surface area contributed by atoms with E-state index in [2.05, 4.69) is 0 Å². The quantitative estimate of drug-likeness (QED) is 0.365. The van der Waals surface area contributed by atoms with Crippen LogP contribution >= 0.6 is 11.8 Å². The molecule has 0 radical (unpaired) electrons. The molecule has 1 rings (SSSR count). The van der Waals surface area contributed by atoms with Crippen LogP contribution in [0.2, 0.25) is 0 Å². The van der Waals surface area contributed by atoms with Crippen LogP contribution in [0.15, 0.2) is 23.1 Å². The van der Waals surface area contributed by atoms with Gasteiger partial charge in [0.15, 0.2) is 0 Å². The number of methoxy groups -OCH3 is 1. The number of rotatable bonds is 6. The Kier molecular flexibility index (Phi) is 5.86.